The molecule has 0 aromatic carbocycles. The lowest BCUT2D eigenvalue weighted by Gasteiger charge is -2.38. The maximum atomic E-state index is 4.32. The first-order chi connectivity index (χ1) is 9.84. The molecule has 0 radical (unpaired) electrons. The second-order valence-electron chi connectivity index (χ2n) is 5.03. The van der Waals surface area contributed by atoms with Crippen molar-refractivity contribution in [3.63, 3.8) is 0 Å². The first-order valence-electron chi connectivity index (χ1n) is 7.00. The largest absolute Gasteiger partial charge is 0.338 e. The number of aromatic nitrogens is 3. The molecular weight excluding hydrogens is 250 g/mol. The summed E-state index contributed by atoms with van der Waals surface area (Å²) in [6, 6.07) is 6.40. The van der Waals surface area contributed by atoms with Gasteiger partial charge in [-0.1, -0.05) is 6.07 Å². The summed E-state index contributed by atoms with van der Waals surface area (Å²) < 4.78 is 0. The van der Waals surface area contributed by atoms with Crippen LogP contribution in [-0.4, -0.2) is 46.0 Å². The quantitative estimate of drug-likeness (QED) is 0.849. The van der Waals surface area contributed by atoms with E-state index in [0.717, 1.165) is 32.1 Å². The van der Waals surface area contributed by atoms with Crippen molar-refractivity contribution in [3.05, 3.63) is 48.5 Å². The molecule has 1 atom stereocenters. The molecule has 0 spiro atoms. The van der Waals surface area contributed by atoms with Crippen LogP contribution in [0.25, 0.3) is 0 Å². The lowest BCUT2D eigenvalue weighted by molar-refractivity contribution is 0.197. The van der Waals surface area contributed by atoms with E-state index in [0.29, 0.717) is 6.04 Å². The molecule has 2 aromatic heterocycles. The van der Waals surface area contributed by atoms with E-state index in [1.54, 1.807) is 12.4 Å². The SMILES string of the molecule is C[C@H](c1cccnc1)N1CCN(c2ncccn2)CC1. The van der Waals surface area contributed by atoms with Gasteiger partial charge in [-0.15, -0.1) is 0 Å². The summed E-state index contributed by atoms with van der Waals surface area (Å²) in [6.07, 6.45) is 7.37. The predicted octanol–water partition coefficient (Wildman–Crippen LogP) is 1.75. The van der Waals surface area contributed by atoms with Crippen LogP contribution in [0.3, 0.4) is 0 Å². The van der Waals surface area contributed by atoms with E-state index in [1.807, 2.05) is 24.5 Å². The van der Waals surface area contributed by atoms with E-state index < -0.39 is 0 Å². The first-order valence-corrected chi connectivity index (χ1v) is 7.00. The maximum Gasteiger partial charge on any atom is 0.225 e. The molecule has 3 heterocycles. The van der Waals surface area contributed by atoms with E-state index in [4.69, 9.17) is 0 Å². The minimum absolute atomic E-state index is 0.405. The van der Waals surface area contributed by atoms with Crippen molar-refractivity contribution in [2.75, 3.05) is 31.1 Å². The highest BCUT2D eigenvalue weighted by Crippen LogP contribution is 2.21. The van der Waals surface area contributed by atoms with Crippen LogP contribution in [-0.2, 0) is 0 Å². The van der Waals surface area contributed by atoms with Crippen LogP contribution in [0.1, 0.15) is 18.5 Å². The van der Waals surface area contributed by atoms with Crippen LogP contribution < -0.4 is 4.90 Å². The van der Waals surface area contributed by atoms with Crippen molar-refractivity contribution in [2.45, 2.75) is 13.0 Å². The zero-order chi connectivity index (χ0) is 13.8. The Kier molecular flexibility index (Phi) is 3.87. The predicted molar refractivity (Wildman–Crippen MR) is 78.5 cm³/mol. The van der Waals surface area contributed by atoms with Crippen LogP contribution in [0.15, 0.2) is 43.0 Å². The topological polar surface area (TPSA) is 45.2 Å². The summed E-state index contributed by atoms with van der Waals surface area (Å²) >= 11 is 0. The maximum absolute atomic E-state index is 4.32. The smallest absolute Gasteiger partial charge is 0.225 e. The molecule has 1 saturated heterocycles. The van der Waals surface area contributed by atoms with Crippen molar-refractivity contribution >= 4 is 5.95 Å². The Morgan fingerprint density at radius 1 is 1.00 bits per heavy atom. The van der Waals surface area contributed by atoms with Gasteiger partial charge in [0.15, 0.2) is 0 Å². The summed E-state index contributed by atoms with van der Waals surface area (Å²) in [5.41, 5.74) is 1.27. The molecule has 0 aliphatic carbocycles. The molecule has 2 aromatic rings. The number of hydrogen-bond acceptors (Lipinski definition) is 5. The Balaban J connectivity index is 1.61. The highest BCUT2D eigenvalue weighted by Gasteiger charge is 2.23. The fourth-order valence-electron chi connectivity index (χ4n) is 2.60. The first kappa shape index (κ1) is 13.0. The Labute approximate surface area is 119 Å². The van der Waals surface area contributed by atoms with E-state index in [9.17, 15) is 0 Å². The summed E-state index contributed by atoms with van der Waals surface area (Å²) in [7, 11) is 0. The third-order valence-electron chi connectivity index (χ3n) is 3.86. The third kappa shape index (κ3) is 2.77. The Morgan fingerprint density at radius 3 is 2.40 bits per heavy atom. The van der Waals surface area contributed by atoms with Crippen molar-refractivity contribution in [1.29, 1.82) is 0 Å². The molecular formula is C15H19N5. The lowest BCUT2D eigenvalue weighted by atomic mass is 10.1. The minimum atomic E-state index is 0.405. The van der Waals surface area contributed by atoms with Gasteiger partial charge in [-0.2, -0.15) is 0 Å². The number of anilines is 1. The van der Waals surface area contributed by atoms with Crippen LogP contribution in [0.5, 0.6) is 0 Å². The molecule has 0 amide bonds. The van der Waals surface area contributed by atoms with E-state index in [-0.39, 0.29) is 0 Å². The van der Waals surface area contributed by atoms with Gasteiger partial charge < -0.3 is 4.90 Å². The van der Waals surface area contributed by atoms with Gasteiger partial charge in [0.1, 0.15) is 0 Å². The van der Waals surface area contributed by atoms with Crippen molar-refractivity contribution < 1.29 is 0 Å². The molecule has 1 aliphatic heterocycles. The highest BCUT2D eigenvalue weighted by atomic mass is 15.3. The summed E-state index contributed by atoms with van der Waals surface area (Å²) in [4.78, 5) is 17.6. The number of rotatable bonds is 3. The summed E-state index contributed by atoms with van der Waals surface area (Å²) in [6.45, 7) is 6.22. The molecule has 1 aliphatic rings. The standard InChI is InChI=1S/C15H19N5/c1-13(14-4-2-5-16-12-14)19-8-10-20(11-9-19)15-17-6-3-7-18-15/h2-7,12-13H,8-11H2,1H3/t13-/m1/s1. The Hall–Kier alpha value is -2.01. The zero-order valence-electron chi connectivity index (χ0n) is 11.7. The number of piperazine rings is 1. The average Bonchev–Trinajstić information content (AvgIpc) is 2.56. The summed E-state index contributed by atoms with van der Waals surface area (Å²) in [5, 5.41) is 0. The number of nitrogens with zero attached hydrogens (tertiary/aromatic N) is 5. The fourth-order valence-corrected chi connectivity index (χ4v) is 2.60. The molecule has 5 nitrogen and oxygen atoms in total. The molecule has 20 heavy (non-hydrogen) atoms. The van der Waals surface area contributed by atoms with E-state index in [2.05, 4.69) is 37.7 Å². The van der Waals surface area contributed by atoms with Gasteiger partial charge in [0.25, 0.3) is 0 Å². The molecule has 0 bridgehead atoms. The molecule has 104 valence electrons. The van der Waals surface area contributed by atoms with Crippen LogP contribution in [0.2, 0.25) is 0 Å². The van der Waals surface area contributed by atoms with Crippen LogP contribution in [0, 0.1) is 0 Å². The van der Waals surface area contributed by atoms with Gasteiger partial charge in [-0.3, -0.25) is 9.88 Å². The van der Waals surface area contributed by atoms with Crippen LogP contribution >= 0.6 is 0 Å². The normalized spacial score (nSPS) is 17.9. The molecule has 5 heteroatoms. The van der Waals surface area contributed by atoms with Gasteiger partial charge in [-0.05, 0) is 24.6 Å². The molecule has 0 N–H and O–H groups in total. The zero-order valence-corrected chi connectivity index (χ0v) is 11.7. The number of pyridine rings is 1. The Morgan fingerprint density at radius 2 is 1.75 bits per heavy atom. The second kappa shape index (κ2) is 5.96. The lowest BCUT2D eigenvalue weighted by Crippen LogP contribution is -2.47. The molecule has 0 saturated carbocycles. The minimum Gasteiger partial charge on any atom is -0.338 e. The Bertz CT molecular complexity index is 522. The monoisotopic (exact) mass is 269 g/mol. The second-order valence-corrected chi connectivity index (χ2v) is 5.03. The van der Waals surface area contributed by atoms with E-state index >= 15 is 0 Å². The van der Waals surface area contributed by atoms with Crippen molar-refractivity contribution in [2.24, 2.45) is 0 Å². The average molecular weight is 269 g/mol. The molecule has 0 unspecified atom stereocenters. The third-order valence-corrected chi connectivity index (χ3v) is 3.86. The van der Waals surface area contributed by atoms with Gasteiger partial charge in [0.2, 0.25) is 5.95 Å². The van der Waals surface area contributed by atoms with Gasteiger partial charge in [-0.25, -0.2) is 9.97 Å². The molecule has 3 rings (SSSR count). The van der Waals surface area contributed by atoms with Gasteiger partial charge >= 0.3 is 0 Å². The van der Waals surface area contributed by atoms with Crippen molar-refractivity contribution in [3.8, 4) is 0 Å². The highest BCUT2D eigenvalue weighted by molar-refractivity contribution is 5.29. The van der Waals surface area contributed by atoms with Gasteiger partial charge in [0.05, 0.1) is 0 Å². The van der Waals surface area contributed by atoms with Crippen molar-refractivity contribution in [1.82, 2.24) is 19.9 Å². The molecule has 1 fully saturated rings. The fraction of sp³-hybridized carbons (Fsp3) is 0.400. The van der Waals surface area contributed by atoms with Gasteiger partial charge in [0, 0.05) is 57.0 Å². The summed E-state index contributed by atoms with van der Waals surface area (Å²) in [5.74, 6) is 0.834. The van der Waals surface area contributed by atoms with Crippen LogP contribution in [0.4, 0.5) is 5.95 Å². The van der Waals surface area contributed by atoms with E-state index in [1.165, 1.54) is 5.56 Å². The number of hydrogen-bond donors (Lipinski definition) is 0.